The van der Waals surface area contributed by atoms with Gasteiger partial charge in [-0.3, -0.25) is 0 Å². The highest BCUT2D eigenvalue weighted by Gasteiger charge is 2.55. The summed E-state index contributed by atoms with van der Waals surface area (Å²) >= 11 is 0. The van der Waals surface area contributed by atoms with Gasteiger partial charge in [0, 0.05) is 6.54 Å². The molecule has 4 heterocycles. The highest BCUT2D eigenvalue weighted by molar-refractivity contribution is 4.98. The molecule has 26 nitrogen and oxygen atoms in total. The lowest BCUT2D eigenvalue weighted by Crippen LogP contribution is -2.67. The van der Waals surface area contributed by atoms with Gasteiger partial charge in [0.05, 0.1) is 39.1 Å². The van der Waals surface area contributed by atoms with Gasteiger partial charge in [0.2, 0.25) is 0 Å². The minimum atomic E-state index is -2.12. The third-order valence-corrected chi connectivity index (χ3v) is 10.0. The quantitative estimate of drug-likeness (QED) is 0.0647. The normalized spacial score (nSPS) is 47.2. The minimum Gasteiger partial charge on any atom is -0.394 e. The number of aliphatic hydroxyl groups excluding tert-OH is 17. The molecule has 0 unspecified atom stereocenters. The van der Waals surface area contributed by atoms with E-state index in [0.29, 0.717) is 0 Å². The van der Waals surface area contributed by atoms with E-state index in [4.69, 9.17) is 43.6 Å². The fraction of sp³-hybridized carbons (Fsp3) is 1.00. The summed E-state index contributed by atoms with van der Waals surface area (Å²) in [6, 6.07) is 0. The van der Waals surface area contributed by atoms with Gasteiger partial charge in [-0.25, -0.2) is 0 Å². The summed E-state index contributed by atoms with van der Waals surface area (Å²) < 4.78 is 43.9. The molecule has 56 heavy (non-hydrogen) atoms. The molecule has 4 aliphatic rings. The van der Waals surface area contributed by atoms with Crippen LogP contribution in [-0.2, 0) is 37.9 Å². The molecule has 0 aromatic rings. The predicted molar refractivity (Wildman–Crippen MR) is 171 cm³/mol. The molecule has 4 saturated heterocycles. The lowest BCUT2D eigenvalue weighted by Gasteiger charge is -2.49. The van der Waals surface area contributed by atoms with Crippen LogP contribution in [0.5, 0.6) is 0 Å². The third-order valence-electron chi connectivity index (χ3n) is 10.0. The molecule has 0 saturated carbocycles. The highest BCUT2D eigenvalue weighted by atomic mass is 16.8. The van der Waals surface area contributed by atoms with Crippen molar-refractivity contribution in [2.45, 2.75) is 147 Å². The lowest BCUT2D eigenvalue weighted by atomic mass is 9.95. The van der Waals surface area contributed by atoms with Crippen LogP contribution >= 0.6 is 0 Å². The summed E-state index contributed by atoms with van der Waals surface area (Å²) in [4.78, 5) is 0. The van der Waals surface area contributed by atoms with E-state index in [1.54, 1.807) is 0 Å². The largest absolute Gasteiger partial charge is 0.394 e. The van der Waals surface area contributed by atoms with E-state index >= 15 is 0 Å². The third kappa shape index (κ3) is 10.1. The highest BCUT2D eigenvalue weighted by Crippen LogP contribution is 2.34. The molecule has 0 aromatic carbocycles. The van der Waals surface area contributed by atoms with E-state index in [1.165, 1.54) is 0 Å². The van der Waals surface area contributed by atoms with Gasteiger partial charge in [-0.2, -0.15) is 0 Å². The van der Waals surface area contributed by atoms with E-state index in [-0.39, 0.29) is 0 Å². The summed E-state index contributed by atoms with van der Waals surface area (Å²) in [5.41, 5.74) is 5.43. The average molecular weight is 830 g/mol. The first kappa shape index (κ1) is 47.6. The molecular weight excluding hydrogens is 774 g/mol. The standard InChI is InChI=1S/C30H55NO25/c31-1-7(37)23(13(39)8(38)2-32)53-28-20(46)16(42)25(10(4-34)50-28)55-30-22(48)18(44)26(12(6-36)52-30)56-29-21(47)17(43)24(11(5-35)51-29)54-27-19(45)15(41)14(40)9(3-33)49-27/h7-30,32-48H,1-6,31H2/t7-,8+,9-,10-,11-,12-,13-,14-,15+,16-,17-,18-,19-,20-,21-,22-,23-,24-,25-,26-,27-,28-,29-,30-/m1/s1. The van der Waals surface area contributed by atoms with Crippen LogP contribution in [0.2, 0.25) is 0 Å². The van der Waals surface area contributed by atoms with Crippen molar-refractivity contribution >= 4 is 0 Å². The van der Waals surface area contributed by atoms with Gasteiger partial charge in [0.25, 0.3) is 0 Å². The zero-order valence-corrected chi connectivity index (χ0v) is 29.5. The number of hydrogen-bond donors (Lipinski definition) is 18. The second-order valence-corrected chi connectivity index (χ2v) is 13.8. The number of hydrogen-bond acceptors (Lipinski definition) is 26. The van der Waals surface area contributed by atoms with Gasteiger partial charge >= 0.3 is 0 Å². The molecule has 4 aliphatic heterocycles. The summed E-state index contributed by atoms with van der Waals surface area (Å²) in [6.07, 6.45) is -44.5. The van der Waals surface area contributed by atoms with Crippen molar-refractivity contribution in [2.24, 2.45) is 5.73 Å². The van der Waals surface area contributed by atoms with Crippen LogP contribution in [-0.4, -0.2) is 274 Å². The molecular formula is C30H55NO25. The number of rotatable bonds is 17. The van der Waals surface area contributed by atoms with E-state index in [9.17, 15) is 86.8 Å². The van der Waals surface area contributed by atoms with E-state index in [2.05, 4.69) is 0 Å². The molecule has 26 heteroatoms. The number of aliphatic hydroxyl groups is 17. The van der Waals surface area contributed by atoms with Crippen molar-refractivity contribution in [1.29, 1.82) is 0 Å². The van der Waals surface area contributed by atoms with Crippen LogP contribution in [0.25, 0.3) is 0 Å². The van der Waals surface area contributed by atoms with Crippen LogP contribution in [0, 0.1) is 0 Å². The molecule has 0 aliphatic carbocycles. The fourth-order valence-corrected chi connectivity index (χ4v) is 6.66. The molecule has 0 radical (unpaired) electrons. The van der Waals surface area contributed by atoms with Crippen molar-refractivity contribution in [2.75, 3.05) is 39.6 Å². The van der Waals surface area contributed by atoms with Crippen molar-refractivity contribution in [3.63, 3.8) is 0 Å². The van der Waals surface area contributed by atoms with Crippen molar-refractivity contribution < 1.29 is 125 Å². The molecule has 4 fully saturated rings. The Bertz CT molecular complexity index is 1160. The topological polar surface area (TPSA) is 444 Å². The lowest BCUT2D eigenvalue weighted by molar-refractivity contribution is -0.390. The smallest absolute Gasteiger partial charge is 0.187 e. The van der Waals surface area contributed by atoms with Gasteiger partial charge in [-0.05, 0) is 0 Å². The molecule has 0 aromatic heterocycles. The Kier molecular flexibility index (Phi) is 17.8. The van der Waals surface area contributed by atoms with Crippen LogP contribution in [0.1, 0.15) is 0 Å². The molecule has 0 bridgehead atoms. The molecule has 19 N–H and O–H groups in total. The van der Waals surface area contributed by atoms with Crippen LogP contribution in [0.15, 0.2) is 0 Å². The van der Waals surface area contributed by atoms with Crippen molar-refractivity contribution in [3.05, 3.63) is 0 Å². The summed E-state index contributed by atoms with van der Waals surface area (Å²) in [6.45, 7) is -5.20. The SMILES string of the molecule is NC[C@@H](O)[C@@H](O[C@H]1O[C@H](CO)[C@@H](O[C@H]2O[C@H](CO)[C@@H](O[C@H]3O[C@H](CO)[C@@H](O[C@H]4O[C@H](CO)[C@@H](O)[C@H](O)[C@H]4O)[C@H](O)[C@H]3O)[C@H](O)[C@H]2O)[C@H](O)[C@H]1O)[C@H](O)[C@@H](O)CO. The summed E-state index contributed by atoms with van der Waals surface area (Å²) in [7, 11) is 0. The monoisotopic (exact) mass is 829 g/mol. The Labute approximate surface area is 317 Å². The number of ether oxygens (including phenoxy) is 8. The minimum absolute atomic E-state index is 0.536. The zero-order valence-electron chi connectivity index (χ0n) is 29.5. The molecule has 4 rings (SSSR count). The maximum absolute atomic E-state index is 11.1. The van der Waals surface area contributed by atoms with Gasteiger partial charge < -0.3 is 130 Å². The van der Waals surface area contributed by atoms with E-state index in [1.807, 2.05) is 0 Å². The zero-order chi connectivity index (χ0) is 41.8. The van der Waals surface area contributed by atoms with Gasteiger partial charge in [0.15, 0.2) is 25.2 Å². The van der Waals surface area contributed by atoms with Gasteiger partial charge in [-0.1, -0.05) is 0 Å². The molecule has 0 amide bonds. The van der Waals surface area contributed by atoms with Crippen molar-refractivity contribution in [1.82, 2.24) is 0 Å². The van der Waals surface area contributed by atoms with Gasteiger partial charge in [0.1, 0.15) is 116 Å². The Morgan fingerprint density at radius 1 is 0.429 bits per heavy atom. The van der Waals surface area contributed by atoms with Crippen molar-refractivity contribution in [3.8, 4) is 0 Å². The summed E-state index contributed by atoms with van der Waals surface area (Å²) in [5.74, 6) is 0. The Balaban J connectivity index is 1.43. The maximum atomic E-state index is 11.1. The second kappa shape index (κ2) is 21.0. The van der Waals surface area contributed by atoms with Crippen LogP contribution in [0.3, 0.4) is 0 Å². The molecule has 24 atom stereocenters. The first-order valence-electron chi connectivity index (χ1n) is 17.6. The molecule has 330 valence electrons. The average Bonchev–Trinajstić information content (AvgIpc) is 3.20. The maximum Gasteiger partial charge on any atom is 0.187 e. The second-order valence-electron chi connectivity index (χ2n) is 13.8. The number of nitrogens with two attached hydrogens (primary N) is 1. The Morgan fingerprint density at radius 3 is 1.12 bits per heavy atom. The Morgan fingerprint density at radius 2 is 0.768 bits per heavy atom. The van der Waals surface area contributed by atoms with Gasteiger partial charge in [-0.15, -0.1) is 0 Å². The van der Waals surface area contributed by atoms with E-state index < -0.39 is 187 Å². The Hall–Kier alpha value is -1.04. The molecule has 0 spiro atoms. The van der Waals surface area contributed by atoms with E-state index in [0.717, 1.165) is 0 Å². The first-order valence-corrected chi connectivity index (χ1v) is 17.6. The van der Waals surface area contributed by atoms with Crippen LogP contribution in [0.4, 0.5) is 0 Å². The fourth-order valence-electron chi connectivity index (χ4n) is 6.66. The first-order chi connectivity index (χ1) is 26.5. The van der Waals surface area contributed by atoms with Crippen LogP contribution < -0.4 is 5.73 Å². The summed E-state index contributed by atoms with van der Waals surface area (Å²) in [5, 5.41) is 175. The predicted octanol–water partition coefficient (Wildman–Crippen LogP) is -12.3.